The van der Waals surface area contributed by atoms with Gasteiger partial charge in [-0.05, 0) is 60.2 Å². The molecule has 0 saturated carbocycles. The van der Waals surface area contributed by atoms with Gasteiger partial charge in [0.05, 0.1) is 11.3 Å². The molecule has 180 valence electrons. The van der Waals surface area contributed by atoms with Crippen LogP contribution in [0, 0.1) is 6.92 Å². The molecule has 0 heterocycles. The summed E-state index contributed by atoms with van der Waals surface area (Å²) in [6.07, 6.45) is 1.03. The van der Waals surface area contributed by atoms with E-state index in [-0.39, 0.29) is 22.1 Å². The second-order valence-corrected chi connectivity index (χ2v) is 8.25. The first-order valence-corrected chi connectivity index (χ1v) is 11.4. The topological polar surface area (TPSA) is 104 Å². The van der Waals surface area contributed by atoms with Crippen LogP contribution in [0.2, 0.25) is 0 Å². The molecule has 0 fully saturated rings. The van der Waals surface area contributed by atoms with Gasteiger partial charge in [-0.15, -0.1) is 0 Å². The number of benzene rings is 4. The number of fused-ring (bicyclic) bond motifs is 1. The van der Waals surface area contributed by atoms with Crippen LogP contribution in [0.5, 0.6) is 0 Å². The van der Waals surface area contributed by atoms with Crippen LogP contribution < -0.4 is 10.2 Å². The van der Waals surface area contributed by atoms with Gasteiger partial charge in [0, 0.05) is 23.1 Å². The molecule has 4 aromatic carbocycles. The summed E-state index contributed by atoms with van der Waals surface area (Å²) in [5.74, 6) is -2.29. The predicted octanol–water partition coefficient (Wildman–Crippen LogP) is 4.62. The zero-order chi connectivity index (χ0) is 25.7. The van der Waals surface area contributed by atoms with Crippen LogP contribution in [-0.2, 0) is 11.2 Å². The third-order valence-electron chi connectivity index (χ3n) is 5.98. The summed E-state index contributed by atoms with van der Waals surface area (Å²) >= 11 is 0. The Kier molecular flexibility index (Phi) is 7.20. The second kappa shape index (κ2) is 10.7. The molecule has 2 N–H and O–H groups in total. The number of rotatable bonds is 8. The number of imide groups is 1. The Morgan fingerprint density at radius 2 is 1.42 bits per heavy atom. The lowest BCUT2D eigenvalue weighted by atomic mass is 9.91. The normalized spacial score (nSPS) is 10.6. The monoisotopic (exact) mass is 480 g/mol. The molecular formula is C29H24N2O5. The lowest BCUT2D eigenvalue weighted by molar-refractivity contribution is -0.106. The minimum atomic E-state index is -1.22. The zero-order valence-electron chi connectivity index (χ0n) is 19.6. The summed E-state index contributed by atoms with van der Waals surface area (Å²) in [4.78, 5) is 51.6. The fourth-order valence-corrected chi connectivity index (χ4v) is 4.22. The molecule has 7 nitrogen and oxygen atoms in total. The highest BCUT2D eigenvalue weighted by molar-refractivity contribution is 6.25. The van der Waals surface area contributed by atoms with Crippen LogP contribution in [0.3, 0.4) is 0 Å². The van der Waals surface area contributed by atoms with Gasteiger partial charge >= 0.3 is 5.97 Å². The molecule has 0 aliphatic carbocycles. The molecule has 0 saturated heterocycles. The number of carboxylic acid groups (broad SMARTS) is 1. The van der Waals surface area contributed by atoms with Gasteiger partial charge in [0.2, 0.25) is 6.41 Å². The molecule has 0 unspecified atom stereocenters. The highest BCUT2D eigenvalue weighted by Crippen LogP contribution is 2.31. The number of carbonyl (C=O) groups excluding carboxylic acids is 3. The number of carbonyl (C=O) groups is 4. The van der Waals surface area contributed by atoms with E-state index in [0.29, 0.717) is 36.0 Å². The molecule has 3 amide bonds. The van der Waals surface area contributed by atoms with Crippen molar-refractivity contribution in [2.45, 2.75) is 13.3 Å². The van der Waals surface area contributed by atoms with Crippen molar-refractivity contribution in [3.63, 3.8) is 0 Å². The van der Waals surface area contributed by atoms with Gasteiger partial charge in [0.1, 0.15) is 0 Å². The fourth-order valence-electron chi connectivity index (χ4n) is 4.22. The maximum atomic E-state index is 13.5. The average Bonchev–Trinajstić information content (AvgIpc) is 2.89. The number of hydrogen-bond donors (Lipinski definition) is 2. The van der Waals surface area contributed by atoms with E-state index in [9.17, 15) is 24.3 Å². The largest absolute Gasteiger partial charge is 0.478 e. The molecular weight excluding hydrogens is 456 g/mol. The number of para-hydroxylation sites is 1. The van der Waals surface area contributed by atoms with E-state index < -0.39 is 17.8 Å². The second-order valence-electron chi connectivity index (χ2n) is 8.25. The van der Waals surface area contributed by atoms with Gasteiger partial charge in [-0.3, -0.25) is 14.4 Å². The van der Waals surface area contributed by atoms with Gasteiger partial charge in [0.25, 0.3) is 11.8 Å². The first-order valence-electron chi connectivity index (χ1n) is 11.4. The zero-order valence-corrected chi connectivity index (χ0v) is 19.6. The molecule has 0 aliphatic rings. The minimum absolute atomic E-state index is 0.101. The summed E-state index contributed by atoms with van der Waals surface area (Å²) in [7, 11) is 0. The molecule has 0 bridgehead atoms. The van der Waals surface area contributed by atoms with E-state index in [1.807, 2.05) is 30.3 Å². The summed E-state index contributed by atoms with van der Waals surface area (Å²) in [6.45, 7) is 2.09. The molecule has 0 aromatic heterocycles. The maximum absolute atomic E-state index is 13.5. The molecule has 0 radical (unpaired) electrons. The highest BCUT2D eigenvalue weighted by Gasteiger charge is 2.25. The Labute approximate surface area is 208 Å². The summed E-state index contributed by atoms with van der Waals surface area (Å²) in [6, 6.07) is 24.0. The van der Waals surface area contributed by atoms with Crippen LogP contribution in [0.1, 0.15) is 42.2 Å². The molecule has 0 aliphatic heterocycles. The van der Waals surface area contributed by atoms with E-state index in [4.69, 9.17) is 0 Å². The Morgan fingerprint density at radius 3 is 2.06 bits per heavy atom. The average molecular weight is 481 g/mol. The lowest BCUT2D eigenvalue weighted by Crippen LogP contribution is -2.30. The van der Waals surface area contributed by atoms with Gasteiger partial charge in [-0.2, -0.15) is 0 Å². The van der Waals surface area contributed by atoms with Crippen molar-refractivity contribution in [3.8, 4) is 0 Å². The van der Waals surface area contributed by atoms with E-state index in [1.54, 1.807) is 43.3 Å². The third-order valence-corrected chi connectivity index (χ3v) is 5.98. The number of anilines is 1. The Hall–Kier alpha value is -4.78. The van der Waals surface area contributed by atoms with Crippen LogP contribution >= 0.6 is 0 Å². The van der Waals surface area contributed by atoms with Crippen molar-refractivity contribution in [1.29, 1.82) is 0 Å². The van der Waals surface area contributed by atoms with E-state index in [0.717, 1.165) is 10.5 Å². The molecule has 7 heteroatoms. The number of aromatic carboxylic acids is 1. The maximum Gasteiger partial charge on any atom is 0.336 e. The van der Waals surface area contributed by atoms with Crippen molar-refractivity contribution < 1.29 is 24.3 Å². The Bertz CT molecular complexity index is 1450. The highest BCUT2D eigenvalue weighted by atomic mass is 16.4. The molecule has 0 spiro atoms. The van der Waals surface area contributed by atoms with Crippen LogP contribution in [-0.4, -0.2) is 35.8 Å². The van der Waals surface area contributed by atoms with Crippen LogP contribution in [0.25, 0.3) is 10.8 Å². The van der Waals surface area contributed by atoms with Crippen molar-refractivity contribution >= 4 is 40.7 Å². The molecule has 4 aromatic rings. The van der Waals surface area contributed by atoms with Crippen molar-refractivity contribution in [2.75, 3.05) is 11.4 Å². The minimum Gasteiger partial charge on any atom is -0.478 e. The van der Waals surface area contributed by atoms with Gasteiger partial charge in [0.15, 0.2) is 0 Å². The fraction of sp³-hybridized carbons (Fsp3) is 0.103. The van der Waals surface area contributed by atoms with Gasteiger partial charge in [-0.1, -0.05) is 54.6 Å². The number of amides is 3. The van der Waals surface area contributed by atoms with Crippen molar-refractivity contribution in [2.24, 2.45) is 0 Å². The molecule has 4 rings (SSSR count). The Morgan fingerprint density at radius 1 is 0.806 bits per heavy atom. The molecule has 0 atom stereocenters. The number of aryl methyl sites for hydroxylation is 1. The first-order chi connectivity index (χ1) is 17.4. The number of nitrogens with zero attached hydrogens (tertiary/aromatic N) is 1. The van der Waals surface area contributed by atoms with E-state index in [2.05, 4.69) is 5.32 Å². The number of nitrogens with one attached hydrogen (secondary N) is 1. The molecule has 36 heavy (non-hydrogen) atoms. The van der Waals surface area contributed by atoms with Crippen molar-refractivity contribution in [3.05, 3.63) is 113 Å². The predicted molar refractivity (Wildman–Crippen MR) is 137 cm³/mol. The first kappa shape index (κ1) is 24.3. The lowest BCUT2D eigenvalue weighted by Gasteiger charge is -2.19. The summed E-state index contributed by atoms with van der Waals surface area (Å²) in [5, 5.41) is 13.2. The van der Waals surface area contributed by atoms with Crippen LogP contribution in [0.4, 0.5) is 5.69 Å². The van der Waals surface area contributed by atoms with Gasteiger partial charge < -0.3 is 10.4 Å². The number of hydrogen-bond acceptors (Lipinski definition) is 4. The quantitative estimate of drug-likeness (QED) is 0.358. The number of carboxylic acids is 1. The van der Waals surface area contributed by atoms with Crippen molar-refractivity contribution in [1.82, 2.24) is 5.32 Å². The summed E-state index contributed by atoms with van der Waals surface area (Å²) < 4.78 is 0. The Balaban J connectivity index is 1.78. The third kappa shape index (κ3) is 4.86. The smallest absolute Gasteiger partial charge is 0.336 e. The SMILES string of the molecule is Cc1ccc(C(=O)O)c2c(C(=O)NCCc3ccccc3)ccc(C(=O)N(C=O)c3ccccc3)c12. The van der Waals surface area contributed by atoms with E-state index in [1.165, 1.54) is 18.2 Å². The summed E-state index contributed by atoms with van der Waals surface area (Å²) in [5.41, 5.74) is 2.21. The van der Waals surface area contributed by atoms with E-state index >= 15 is 0 Å². The van der Waals surface area contributed by atoms with Crippen LogP contribution in [0.15, 0.2) is 84.9 Å². The standard InChI is InChI=1S/C29H24N2O5/c1-19-12-13-24(29(35)36)26-22(27(33)30-17-16-20-8-4-2-5-9-20)14-15-23(25(19)26)28(34)31(18-32)21-10-6-3-7-11-21/h2-15,18H,16-17H2,1H3,(H,30,33)(H,35,36). The van der Waals surface area contributed by atoms with Gasteiger partial charge in [-0.25, -0.2) is 9.69 Å².